The van der Waals surface area contributed by atoms with Crippen LogP contribution in [0.5, 0.6) is 0 Å². The summed E-state index contributed by atoms with van der Waals surface area (Å²) in [6, 6.07) is 8.85. The van der Waals surface area contributed by atoms with Gasteiger partial charge in [-0.25, -0.2) is 0 Å². The molecule has 0 aliphatic carbocycles. The van der Waals surface area contributed by atoms with Crippen molar-refractivity contribution in [3.8, 4) is 0 Å². The van der Waals surface area contributed by atoms with Crippen LogP contribution in [0.3, 0.4) is 0 Å². The lowest BCUT2D eigenvalue weighted by molar-refractivity contribution is -0.126. The van der Waals surface area contributed by atoms with Crippen LogP contribution >= 0.6 is 0 Å². The van der Waals surface area contributed by atoms with Crippen LogP contribution in [0.25, 0.3) is 0 Å². The first kappa shape index (κ1) is 22.5. The van der Waals surface area contributed by atoms with Crippen molar-refractivity contribution in [1.29, 1.82) is 0 Å². The maximum absolute atomic E-state index is 12.1. The summed E-state index contributed by atoms with van der Waals surface area (Å²) in [5, 5.41) is 3.19. The summed E-state index contributed by atoms with van der Waals surface area (Å²) in [5.41, 5.74) is 2.54. The molecule has 1 aromatic rings. The molecule has 0 amide bonds. The molecular formula is C22H41N3O. The van der Waals surface area contributed by atoms with Gasteiger partial charge in [0.05, 0.1) is 0 Å². The Bertz CT molecular complexity index is 511. The quantitative estimate of drug-likeness (QED) is 0.692. The Morgan fingerprint density at radius 3 is 2.31 bits per heavy atom. The number of rotatable bonds is 8. The fourth-order valence-corrected chi connectivity index (χ4v) is 3.43. The molecule has 4 nitrogen and oxygen atoms in total. The molecule has 0 radical (unpaired) electrons. The van der Waals surface area contributed by atoms with Gasteiger partial charge in [-0.05, 0) is 57.1 Å². The average Bonchev–Trinajstić information content (AvgIpc) is 2.69. The summed E-state index contributed by atoms with van der Waals surface area (Å²) in [5.74, 6) is 0.867. The van der Waals surface area contributed by atoms with Gasteiger partial charge in [0.1, 0.15) is 5.78 Å². The highest BCUT2D eigenvalue weighted by Crippen LogP contribution is 2.27. The monoisotopic (exact) mass is 363 g/mol. The van der Waals surface area contributed by atoms with Crippen LogP contribution in [0.4, 0.5) is 11.4 Å². The van der Waals surface area contributed by atoms with E-state index in [1.807, 2.05) is 34.7 Å². The smallest absolute Gasteiger partial charge is 0.138 e. The van der Waals surface area contributed by atoms with E-state index >= 15 is 0 Å². The van der Waals surface area contributed by atoms with E-state index in [1.165, 1.54) is 11.4 Å². The maximum Gasteiger partial charge on any atom is 0.138 e. The van der Waals surface area contributed by atoms with Crippen LogP contribution in [0.1, 0.15) is 48.4 Å². The average molecular weight is 364 g/mol. The summed E-state index contributed by atoms with van der Waals surface area (Å²) >= 11 is 0. The summed E-state index contributed by atoms with van der Waals surface area (Å²) in [6.45, 7) is 12.1. The highest BCUT2D eigenvalue weighted by molar-refractivity contribution is 5.83. The molecule has 150 valence electrons. The van der Waals surface area contributed by atoms with Gasteiger partial charge in [0.15, 0.2) is 0 Å². The normalized spacial score (nSPS) is 14.8. The molecule has 4 heteroatoms. The van der Waals surface area contributed by atoms with Gasteiger partial charge in [-0.2, -0.15) is 0 Å². The van der Waals surface area contributed by atoms with Gasteiger partial charge in [0.2, 0.25) is 0 Å². The third kappa shape index (κ3) is 6.64. The van der Waals surface area contributed by atoms with Crippen molar-refractivity contribution < 1.29 is 6.22 Å². The standard InChI is InChI=1S/C20H33N3O.C2H6.H2/c1-16(2)20(24)17-10-14-23(15-11-17)19-8-6-18(7-9-19)22(4)13-5-12-21-3;1-2;/h6-9,16-17,21H,5,10-15H2,1-4H3;1-2H3;1H. The minimum atomic E-state index is 0. The summed E-state index contributed by atoms with van der Waals surface area (Å²) in [6.07, 6.45) is 3.12. The van der Waals surface area contributed by atoms with Crippen molar-refractivity contribution in [1.82, 2.24) is 5.32 Å². The molecule has 0 saturated carbocycles. The molecular weight excluding hydrogens is 322 g/mol. The molecule has 0 aromatic heterocycles. The maximum atomic E-state index is 12.1. The van der Waals surface area contributed by atoms with Crippen LogP contribution < -0.4 is 15.1 Å². The van der Waals surface area contributed by atoms with Crippen LogP contribution in [0, 0.1) is 11.8 Å². The largest absolute Gasteiger partial charge is 0.375 e. The van der Waals surface area contributed by atoms with Gasteiger partial charge in [0.25, 0.3) is 0 Å². The number of hydrogen-bond donors (Lipinski definition) is 1. The van der Waals surface area contributed by atoms with Crippen molar-refractivity contribution in [2.24, 2.45) is 11.8 Å². The molecule has 0 atom stereocenters. The Labute approximate surface area is 162 Å². The number of Topliss-reactive ketones (excluding diaryl/α,β-unsaturated/α-hetero) is 1. The van der Waals surface area contributed by atoms with E-state index in [1.54, 1.807) is 0 Å². The zero-order valence-corrected chi connectivity index (χ0v) is 17.7. The lowest BCUT2D eigenvalue weighted by Gasteiger charge is -2.34. The number of hydrogen-bond acceptors (Lipinski definition) is 4. The van der Waals surface area contributed by atoms with E-state index in [9.17, 15) is 4.79 Å². The highest BCUT2D eigenvalue weighted by atomic mass is 16.1. The number of carbonyl (C=O) groups is 1. The molecule has 1 aliphatic rings. The van der Waals surface area contributed by atoms with E-state index in [4.69, 9.17) is 0 Å². The first-order valence-corrected chi connectivity index (χ1v) is 10.3. The zero-order valence-electron chi connectivity index (χ0n) is 17.7. The number of piperidine rings is 1. The third-order valence-electron chi connectivity index (χ3n) is 5.04. The van der Waals surface area contributed by atoms with Gasteiger partial charge in [-0.1, -0.05) is 27.7 Å². The second-order valence-electron chi connectivity index (χ2n) is 7.21. The summed E-state index contributed by atoms with van der Waals surface area (Å²) < 4.78 is 0. The minimum Gasteiger partial charge on any atom is -0.375 e. The fourth-order valence-electron chi connectivity index (χ4n) is 3.43. The number of benzene rings is 1. The number of carbonyl (C=O) groups excluding carboxylic acids is 1. The first-order chi connectivity index (χ1) is 12.5. The van der Waals surface area contributed by atoms with Gasteiger partial charge >= 0.3 is 0 Å². The fraction of sp³-hybridized carbons (Fsp3) is 0.682. The Morgan fingerprint density at radius 2 is 1.81 bits per heavy atom. The molecule has 1 N–H and O–H groups in total. The SMILES string of the molecule is CC.CNCCCN(C)c1ccc(N2CCC(C(=O)C(C)C)CC2)cc1.[HH]. The number of anilines is 2. The first-order valence-electron chi connectivity index (χ1n) is 10.3. The number of nitrogens with zero attached hydrogens (tertiary/aromatic N) is 2. The van der Waals surface area contributed by atoms with E-state index in [-0.39, 0.29) is 13.3 Å². The molecule has 0 bridgehead atoms. The molecule has 0 spiro atoms. The van der Waals surface area contributed by atoms with Gasteiger partial charge in [0, 0.05) is 51.3 Å². The number of ketones is 1. The van der Waals surface area contributed by atoms with E-state index < -0.39 is 0 Å². The molecule has 1 aliphatic heterocycles. The van der Waals surface area contributed by atoms with E-state index in [0.717, 1.165) is 45.4 Å². The van der Waals surface area contributed by atoms with Crippen molar-refractivity contribution in [2.75, 3.05) is 50.1 Å². The Morgan fingerprint density at radius 1 is 1.23 bits per heavy atom. The Balaban J connectivity index is 0.00000218. The lowest BCUT2D eigenvalue weighted by atomic mass is 9.87. The van der Waals surface area contributed by atoms with Gasteiger partial charge in [-0.15, -0.1) is 0 Å². The summed E-state index contributed by atoms with van der Waals surface area (Å²) in [7, 11) is 4.14. The van der Waals surface area contributed by atoms with Gasteiger partial charge in [-0.3, -0.25) is 4.79 Å². The zero-order chi connectivity index (χ0) is 19.5. The second-order valence-corrected chi connectivity index (χ2v) is 7.21. The summed E-state index contributed by atoms with van der Waals surface area (Å²) in [4.78, 5) is 16.9. The van der Waals surface area contributed by atoms with Crippen LogP contribution in [-0.2, 0) is 4.79 Å². The Hall–Kier alpha value is -1.55. The molecule has 1 aromatic carbocycles. The lowest BCUT2D eigenvalue weighted by Crippen LogP contribution is -2.37. The molecule has 2 rings (SSSR count). The van der Waals surface area contributed by atoms with E-state index in [0.29, 0.717) is 5.78 Å². The molecule has 1 saturated heterocycles. The minimum absolute atomic E-state index is 0. The molecule has 26 heavy (non-hydrogen) atoms. The third-order valence-corrected chi connectivity index (χ3v) is 5.04. The van der Waals surface area contributed by atoms with Crippen molar-refractivity contribution in [3.05, 3.63) is 24.3 Å². The van der Waals surface area contributed by atoms with Gasteiger partial charge < -0.3 is 15.1 Å². The van der Waals surface area contributed by atoms with Crippen LogP contribution in [-0.4, -0.2) is 46.1 Å². The number of nitrogens with one attached hydrogen (secondary N) is 1. The molecule has 1 fully saturated rings. The second kappa shape index (κ2) is 11.9. The van der Waals surface area contributed by atoms with Crippen LogP contribution in [0.2, 0.25) is 0 Å². The predicted molar refractivity (Wildman–Crippen MR) is 116 cm³/mol. The molecule has 0 unspecified atom stereocenters. The Kier molecular flexibility index (Phi) is 10.3. The van der Waals surface area contributed by atoms with Crippen molar-refractivity contribution >= 4 is 17.2 Å². The van der Waals surface area contributed by atoms with Crippen molar-refractivity contribution in [2.45, 2.75) is 47.0 Å². The molecule has 1 heterocycles. The van der Waals surface area contributed by atoms with Crippen molar-refractivity contribution in [3.63, 3.8) is 0 Å². The topological polar surface area (TPSA) is 35.6 Å². The van der Waals surface area contributed by atoms with Crippen LogP contribution in [0.15, 0.2) is 24.3 Å². The van der Waals surface area contributed by atoms with E-state index in [2.05, 4.69) is 46.4 Å². The highest BCUT2D eigenvalue weighted by Gasteiger charge is 2.26. The predicted octanol–water partition coefficient (Wildman–Crippen LogP) is 4.45.